The molecule has 0 aliphatic carbocycles. The Morgan fingerprint density at radius 3 is 2.56 bits per heavy atom. The highest BCUT2D eigenvalue weighted by molar-refractivity contribution is 6.01. The quantitative estimate of drug-likeness (QED) is 0.719. The highest BCUT2D eigenvalue weighted by Crippen LogP contribution is 2.13. The van der Waals surface area contributed by atoms with E-state index in [0.29, 0.717) is 12.2 Å². The molecule has 2 heterocycles. The molecule has 0 radical (unpaired) electrons. The number of pyridine rings is 1. The Labute approximate surface area is 159 Å². The van der Waals surface area contributed by atoms with Gasteiger partial charge in [-0.25, -0.2) is 9.78 Å². The zero-order chi connectivity index (χ0) is 19.2. The van der Waals surface area contributed by atoms with Gasteiger partial charge in [-0.3, -0.25) is 15.0 Å². The van der Waals surface area contributed by atoms with E-state index in [2.05, 4.69) is 26.6 Å². The molecule has 0 unspecified atom stereocenters. The lowest BCUT2D eigenvalue weighted by molar-refractivity contribution is -0.892. The molecule has 0 saturated carbocycles. The van der Waals surface area contributed by atoms with Crippen LogP contribution in [-0.2, 0) is 4.79 Å². The van der Waals surface area contributed by atoms with Gasteiger partial charge in [-0.2, -0.15) is 0 Å². The maximum Gasteiger partial charge on any atom is 0.326 e. The van der Waals surface area contributed by atoms with Gasteiger partial charge in [0.05, 0.1) is 6.20 Å². The first-order valence-corrected chi connectivity index (χ1v) is 9.24. The van der Waals surface area contributed by atoms with Gasteiger partial charge in [-0.15, -0.1) is 0 Å². The predicted molar refractivity (Wildman–Crippen MR) is 104 cm³/mol. The maximum absolute atomic E-state index is 12.2. The van der Waals surface area contributed by atoms with Crippen LogP contribution in [0.15, 0.2) is 42.6 Å². The van der Waals surface area contributed by atoms with Crippen LogP contribution in [0, 0.1) is 13.8 Å². The van der Waals surface area contributed by atoms with Gasteiger partial charge >= 0.3 is 6.03 Å². The first-order valence-electron chi connectivity index (χ1n) is 9.24. The molecule has 1 aliphatic heterocycles. The van der Waals surface area contributed by atoms with Gasteiger partial charge in [-0.05, 0) is 43.2 Å². The van der Waals surface area contributed by atoms with Crippen LogP contribution in [0.4, 0.5) is 16.3 Å². The number of nitrogens with zero attached hydrogens (tertiary/aromatic N) is 1. The van der Waals surface area contributed by atoms with Crippen LogP contribution in [0.5, 0.6) is 0 Å². The number of imide groups is 1. The zero-order valence-electron chi connectivity index (χ0n) is 15.8. The van der Waals surface area contributed by atoms with Gasteiger partial charge in [0.25, 0.3) is 11.7 Å². The van der Waals surface area contributed by atoms with Crippen molar-refractivity contribution in [3.63, 3.8) is 0 Å². The molecule has 0 spiro atoms. The summed E-state index contributed by atoms with van der Waals surface area (Å²) in [7, 11) is 0. The summed E-state index contributed by atoms with van der Waals surface area (Å²) in [5.74, 6) is 0.833. The Bertz CT molecular complexity index is 801. The summed E-state index contributed by atoms with van der Waals surface area (Å²) in [4.78, 5) is 30.9. The number of anilines is 2. The van der Waals surface area contributed by atoms with Gasteiger partial charge in [0.2, 0.25) is 0 Å². The summed E-state index contributed by atoms with van der Waals surface area (Å²) < 4.78 is 0. The van der Waals surface area contributed by atoms with Gasteiger partial charge < -0.3 is 10.2 Å². The molecule has 1 aliphatic rings. The third kappa shape index (κ3) is 5.27. The van der Waals surface area contributed by atoms with Crippen molar-refractivity contribution in [2.24, 2.45) is 0 Å². The van der Waals surface area contributed by atoms with E-state index in [1.807, 2.05) is 50.4 Å². The van der Waals surface area contributed by atoms with Crippen LogP contribution in [-0.4, -0.2) is 44.7 Å². The molecule has 4 N–H and O–H groups in total. The van der Waals surface area contributed by atoms with Crippen molar-refractivity contribution in [1.29, 1.82) is 0 Å². The van der Waals surface area contributed by atoms with E-state index >= 15 is 0 Å². The Morgan fingerprint density at radius 2 is 1.89 bits per heavy atom. The normalized spacial score (nSPS) is 14.7. The standard InChI is InChI=1S/C20H25N5O2/c1-15-6-7-17(13-16(15)2)22-20(27)23-19(26)14-24-9-11-25(12-10-24)18-5-3-4-8-21-18/h3-8,13H,9-12,14H2,1-2H3,(H2,22,23,26,27)/p+2. The number of hydrogen-bond acceptors (Lipinski definition) is 3. The number of hydrogen-bond donors (Lipinski definition) is 3. The highest BCUT2D eigenvalue weighted by Gasteiger charge is 2.27. The molecule has 3 rings (SSSR count). The van der Waals surface area contributed by atoms with Crippen molar-refractivity contribution in [3.8, 4) is 0 Å². The minimum Gasteiger partial charge on any atom is -0.321 e. The molecule has 3 amide bonds. The number of amides is 3. The third-order valence-electron chi connectivity index (χ3n) is 4.93. The van der Waals surface area contributed by atoms with Crippen molar-refractivity contribution in [3.05, 3.63) is 53.7 Å². The van der Waals surface area contributed by atoms with Crippen LogP contribution in [0.25, 0.3) is 0 Å². The number of aromatic amines is 1. The minimum atomic E-state index is -0.486. The summed E-state index contributed by atoms with van der Waals surface area (Å²) in [6.45, 7) is 7.76. The molecule has 7 nitrogen and oxygen atoms in total. The van der Waals surface area contributed by atoms with E-state index in [0.717, 1.165) is 43.1 Å². The summed E-state index contributed by atoms with van der Waals surface area (Å²) in [6, 6.07) is 11.2. The lowest BCUT2D eigenvalue weighted by atomic mass is 10.1. The lowest BCUT2D eigenvalue weighted by Gasteiger charge is -2.27. The number of carbonyl (C=O) groups excluding carboxylic acids is 2. The molecule has 1 aromatic heterocycles. The van der Waals surface area contributed by atoms with Crippen molar-refractivity contribution in [1.82, 2.24) is 5.32 Å². The summed E-state index contributed by atoms with van der Waals surface area (Å²) in [5.41, 5.74) is 2.94. The van der Waals surface area contributed by atoms with Gasteiger partial charge in [0.15, 0.2) is 6.54 Å². The number of quaternary nitrogens is 1. The van der Waals surface area contributed by atoms with Crippen LogP contribution in [0.3, 0.4) is 0 Å². The number of nitrogens with one attached hydrogen (secondary N) is 4. The molecule has 2 aromatic rings. The third-order valence-corrected chi connectivity index (χ3v) is 4.93. The topological polar surface area (TPSA) is 80.0 Å². The SMILES string of the molecule is Cc1ccc(NC(=O)NC(=O)C[NH+]2CCN(c3cccc[nH+]3)CC2)cc1C. The number of benzene rings is 1. The van der Waals surface area contributed by atoms with E-state index in [1.165, 1.54) is 4.90 Å². The second kappa shape index (κ2) is 8.64. The molecular formula is C20H27N5O2+2. The molecule has 1 saturated heterocycles. The Hall–Kier alpha value is -2.93. The highest BCUT2D eigenvalue weighted by atomic mass is 16.2. The van der Waals surface area contributed by atoms with Crippen molar-refractivity contribution in [2.75, 3.05) is 42.9 Å². The fourth-order valence-electron chi connectivity index (χ4n) is 3.20. The van der Waals surface area contributed by atoms with E-state index < -0.39 is 6.03 Å². The first kappa shape index (κ1) is 18.8. The summed E-state index contributed by atoms with van der Waals surface area (Å²) >= 11 is 0. The number of rotatable bonds is 4. The van der Waals surface area contributed by atoms with Crippen LogP contribution < -0.4 is 25.4 Å². The number of piperazine rings is 1. The average Bonchev–Trinajstić information content (AvgIpc) is 2.66. The number of aryl methyl sites for hydroxylation is 2. The zero-order valence-corrected chi connectivity index (χ0v) is 15.8. The molecular weight excluding hydrogens is 342 g/mol. The van der Waals surface area contributed by atoms with Crippen LogP contribution in [0.2, 0.25) is 0 Å². The monoisotopic (exact) mass is 369 g/mol. The van der Waals surface area contributed by atoms with Crippen LogP contribution in [0.1, 0.15) is 11.1 Å². The Morgan fingerprint density at radius 1 is 1.11 bits per heavy atom. The smallest absolute Gasteiger partial charge is 0.321 e. The Kier molecular flexibility index (Phi) is 6.03. The summed E-state index contributed by atoms with van der Waals surface area (Å²) in [6.07, 6.45) is 1.91. The molecule has 7 heteroatoms. The summed E-state index contributed by atoms with van der Waals surface area (Å²) in [5, 5.41) is 5.14. The van der Waals surface area contributed by atoms with Crippen molar-refractivity contribution in [2.45, 2.75) is 13.8 Å². The van der Waals surface area contributed by atoms with E-state index in [1.54, 1.807) is 0 Å². The van der Waals surface area contributed by atoms with Crippen molar-refractivity contribution < 1.29 is 19.5 Å². The molecule has 142 valence electrons. The molecule has 27 heavy (non-hydrogen) atoms. The first-order chi connectivity index (χ1) is 13.0. The second-order valence-electron chi connectivity index (χ2n) is 6.96. The Balaban J connectivity index is 1.43. The largest absolute Gasteiger partial charge is 0.326 e. The average molecular weight is 369 g/mol. The van der Waals surface area contributed by atoms with Crippen LogP contribution >= 0.6 is 0 Å². The number of carbonyl (C=O) groups is 2. The second-order valence-corrected chi connectivity index (χ2v) is 6.96. The van der Waals surface area contributed by atoms with E-state index in [-0.39, 0.29) is 5.91 Å². The van der Waals surface area contributed by atoms with Crippen molar-refractivity contribution >= 4 is 23.4 Å². The number of aromatic nitrogens is 1. The molecule has 1 aromatic carbocycles. The minimum absolute atomic E-state index is 0.258. The molecule has 1 fully saturated rings. The van der Waals surface area contributed by atoms with Gasteiger partial charge in [0.1, 0.15) is 26.2 Å². The van der Waals surface area contributed by atoms with Gasteiger partial charge in [0, 0.05) is 11.8 Å². The fourth-order valence-corrected chi connectivity index (χ4v) is 3.20. The molecule has 0 atom stereocenters. The molecule has 0 bridgehead atoms. The predicted octanol–water partition coefficient (Wildman–Crippen LogP) is 0.171. The van der Waals surface area contributed by atoms with E-state index in [9.17, 15) is 9.59 Å². The lowest BCUT2D eigenvalue weighted by Crippen LogP contribution is -3.16. The number of H-pyrrole nitrogens is 1. The van der Waals surface area contributed by atoms with E-state index in [4.69, 9.17) is 0 Å². The maximum atomic E-state index is 12.2. The van der Waals surface area contributed by atoms with Gasteiger partial charge in [-0.1, -0.05) is 12.1 Å². The number of urea groups is 1. The fraction of sp³-hybridized carbons (Fsp3) is 0.350.